The highest BCUT2D eigenvalue weighted by Gasteiger charge is 2.28. The Balaban J connectivity index is 1.44. The molecule has 2 N–H and O–H groups in total. The number of pyridine rings is 1. The molecule has 36 heavy (non-hydrogen) atoms. The van der Waals surface area contributed by atoms with E-state index in [2.05, 4.69) is 15.3 Å². The zero-order valence-electron chi connectivity index (χ0n) is 19.4. The molecule has 2 atom stereocenters. The van der Waals surface area contributed by atoms with Crippen molar-refractivity contribution in [2.75, 3.05) is 11.9 Å². The number of aryl methyl sites for hydroxylation is 1. The molecule has 0 radical (unpaired) electrons. The van der Waals surface area contributed by atoms with E-state index in [0.717, 1.165) is 29.0 Å². The van der Waals surface area contributed by atoms with E-state index in [1.807, 2.05) is 25.1 Å². The number of nitrogens with zero attached hydrogens (tertiary/aromatic N) is 3. The van der Waals surface area contributed by atoms with Crippen molar-refractivity contribution < 1.29 is 28.2 Å². The van der Waals surface area contributed by atoms with Crippen molar-refractivity contribution in [3.63, 3.8) is 0 Å². The Morgan fingerprint density at radius 1 is 1.31 bits per heavy atom. The number of rotatable bonds is 10. The first-order chi connectivity index (χ1) is 17.3. The fraction of sp³-hybridized carbons (Fsp3) is 0.417. The lowest BCUT2D eigenvalue weighted by molar-refractivity contribution is -0.143. The Bertz CT molecular complexity index is 1210. The van der Waals surface area contributed by atoms with E-state index in [0.29, 0.717) is 35.2 Å². The van der Waals surface area contributed by atoms with E-state index >= 15 is 0 Å². The Labute approximate surface area is 215 Å². The van der Waals surface area contributed by atoms with Crippen LogP contribution in [0.25, 0.3) is 10.6 Å². The minimum absolute atomic E-state index is 0.0527. The van der Waals surface area contributed by atoms with E-state index < -0.39 is 19.0 Å². The number of nitrogens with one attached hydrogen (secondary N) is 1. The maximum absolute atomic E-state index is 12.4. The maximum atomic E-state index is 12.4. The van der Waals surface area contributed by atoms with Gasteiger partial charge < -0.3 is 19.9 Å². The molecule has 1 fully saturated rings. The lowest BCUT2D eigenvalue weighted by atomic mass is 9.87. The number of carboxylic acids is 1. The second-order valence-corrected chi connectivity index (χ2v) is 10.1. The van der Waals surface area contributed by atoms with Gasteiger partial charge in [0.05, 0.1) is 32.6 Å². The average molecular weight is 539 g/mol. The lowest BCUT2D eigenvalue weighted by Crippen LogP contribution is -2.29. The molecule has 1 aliphatic carbocycles. The summed E-state index contributed by atoms with van der Waals surface area (Å²) in [5.41, 5.74) is 2.28. The summed E-state index contributed by atoms with van der Waals surface area (Å²) in [7, 11) is 0. The van der Waals surface area contributed by atoms with Crippen LogP contribution in [0.5, 0.6) is 11.6 Å². The van der Waals surface area contributed by atoms with Gasteiger partial charge in [-0.3, -0.25) is 4.79 Å². The van der Waals surface area contributed by atoms with Crippen molar-refractivity contribution in [2.45, 2.75) is 51.7 Å². The normalized spacial score (nSPS) is 17.7. The van der Waals surface area contributed by atoms with Crippen molar-refractivity contribution in [1.29, 1.82) is 0 Å². The quantitative estimate of drug-likeness (QED) is 0.331. The fourth-order valence-corrected chi connectivity index (χ4v) is 5.27. The highest BCUT2D eigenvalue weighted by molar-refractivity contribution is 7.19. The van der Waals surface area contributed by atoms with Crippen molar-refractivity contribution in [2.24, 2.45) is 5.92 Å². The van der Waals surface area contributed by atoms with Crippen LogP contribution in [0.3, 0.4) is 0 Å². The number of carbonyl (C=O) groups is 1. The van der Waals surface area contributed by atoms with Crippen LogP contribution >= 0.6 is 22.9 Å². The summed E-state index contributed by atoms with van der Waals surface area (Å²) >= 11 is 7.68. The molecular formula is C24H25ClF2N4O4S. The number of aliphatic carboxylic acids is 1. The van der Waals surface area contributed by atoms with Crippen LogP contribution in [0.2, 0.25) is 4.34 Å². The first-order valence-corrected chi connectivity index (χ1v) is 12.6. The van der Waals surface area contributed by atoms with Crippen LogP contribution in [0.1, 0.15) is 36.9 Å². The van der Waals surface area contributed by atoms with Gasteiger partial charge in [-0.05, 0) is 56.4 Å². The molecule has 192 valence electrons. The summed E-state index contributed by atoms with van der Waals surface area (Å²) < 4.78 is 36.4. The van der Waals surface area contributed by atoms with E-state index in [1.165, 1.54) is 23.6 Å². The van der Waals surface area contributed by atoms with Crippen molar-refractivity contribution in [1.82, 2.24) is 15.0 Å². The molecule has 8 nitrogen and oxygen atoms in total. The van der Waals surface area contributed by atoms with Gasteiger partial charge in [0, 0.05) is 18.8 Å². The molecule has 1 aliphatic rings. The third-order valence-electron chi connectivity index (χ3n) is 5.74. The summed E-state index contributed by atoms with van der Waals surface area (Å²) in [6.07, 6.45) is 1.49. The van der Waals surface area contributed by atoms with Crippen LogP contribution in [-0.4, -0.2) is 45.2 Å². The SMILES string of the molecule is Cc1nc(-c2sc(Cl)cc2CNc2nccc(OCC(F)F)n2)ccc1O[C@H]1CCC[C@H](C(=O)O)C1. The second-order valence-electron chi connectivity index (χ2n) is 8.40. The Hall–Kier alpha value is -3.05. The van der Waals surface area contributed by atoms with Gasteiger partial charge in [0.2, 0.25) is 11.8 Å². The largest absolute Gasteiger partial charge is 0.489 e. The van der Waals surface area contributed by atoms with E-state index in [1.54, 1.807) is 0 Å². The standard InChI is InChI=1S/C24H25ClF2N4O4S/c1-13-18(35-16-4-2-3-14(9-16)23(32)33)6-5-17(30-13)22-15(10-19(25)36-22)11-29-24-28-8-7-21(31-24)34-12-20(26)27/h5-8,10,14,16,20H,2-4,9,11-12H2,1H3,(H,32,33)(H,28,29,31)/t14-,16-/m0/s1. The Morgan fingerprint density at radius 3 is 2.89 bits per heavy atom. The number of thiophene rings is 1. The van der Waals surface area contributed by atoms with Crippen LogP contribution in [-0.2, 0) is 11.3 Å². The molecule has 0 saturated heterocycles. The molecule has 1 saturated carbocycles. The number of anilines is 1. The van der Waals surface area contributed by atoms with Crippen LogP contribution in [0, 0.1) is 12.8 Å². The van der Waals surface area contributed by atoms with Gasteiger partial charge in [-0.15, -0.1) is 11.3 Å². The van der Waals surface area contributed by atoms with Gasteiger partial charge in [0.15, 0.2) is 6.61 Å². The van der Waals surface area contributed by atoms with Gasteiger partial charge >= 0.3 is 5.97 Å². The number of aromatic nitrogens is 3. The summed E-state index contributed by atoms with van der Waals surface area (Å²) in [5, 5.41) is 12.4. The van der Waals surface area contributed by atoms with Crippen LogP contribution in [0.15, 0.2) is 30.5 Å². The van der Waals surface area contributed by atoms with Crippen LogP contribution < -0.4 is 14.8 Å². The summed E-state index contributed by atoms with van der Waals surface area (Å²) in [6, 6.07) is 6.92. The highest BCUT2D eigenvalue weighted by Crippen LogP contribution is 2.37. The van der Waals surface area contributed by atoms with E-state index in [-0.39, 0.29) is 23.9 Å². The van der Waals surface area contributed by atoms with Gasteiger partial charge in [0.1, 0.15) is 5.75 Å². The summed E-state index contributed by atoms with van der Waals surface area (Å²) in [6.45, 7) is 1.43. The van der Waals surface area contributed by atoms with Crippen molar-refractivity contribution in [3.8, 4) is 22.2 Å². The topological polar surface area (TPSA) is 106 Å². The first kappa shape index (κ1) is 26.0. The molecule has 0 spiro atoms. The molecule has 0 aromatic carbocycles. The number of alkyl halides is 2. The number of halogens is 3. The molecule has 3 heterocycles. The molecule has 4 rings (SSSR count). The molecular weight excluding hydrogens is 514 g/mol. The van der Waals surface area contributed by atoms with Crippen LogP contribution in [0.4, 0.5) is 14.7 Å². The third-order valence-corrected chi connectivity index (χ3v) is 7.07. The Kier molecular flexibility index (Phi) is 8.52. The van der Waals surface area contributed by atoms with E-state index in [4.69, 9.17) is 26.1 Å². The minimum Gasteiger partial charge on any atom is -0.489 e. The monoisotopic (exact) mass is 538 g/mol. The minimum atomic E-state index is -2.59. The van der Waals surface area contributed by atoms with Gasteiger partial charge in [-0.25, -0.2) is 18.7 Å². The summed E-state index contributed by atoms with van der Waals surface area (Å²) in [4.78, 5) is 25.1. The third kappa shape index (κ3) is 6.79. The highest BCUT2D eigenvalue weighted by atomic mass is 35.5. The number of hydrogen-bond acceptors (Lipinski definition) is 8. The molecule has 3 aromatic heterocycles. The van der Waals surface area contributed by atoms with Crippen molar-refractivity contribution in [3.05, 3.63) is 46.1 Å². The van der Waals surface area contributed by atoms with Gasteiger partial charge in [-0.1, -0.05) is 11.6 Å². The second kappa shape index (κ2) is 11.8. The van der Waals surface area contributed by atoms with Crippen molar-refractivity contribution >= 4 is 34.9 Å². The summed E-state index contributed by atoms with van der Waals surface area (Å²) in [5.74, 6) is -0.236. The smallest absolute Gasteiger partial charge is 0.306 e. The fourth-order valence-electron chi connectivity index (χ4n) is 4.03. The van der Waals surface area contributed by atoms with E-state index in [9.17, 15) is 18.7 Å². The molecule has 12 heteroatoms. The van der Waals surface area contributed by atoms with Gasteiger partial charge in [0.25, 0.3) is 6.43 Å². The molecule has 0 amide bonds. The number of hydrogen-bond donors (Lipinski definition) is 2. The number of carboxylic acid groups (broad SMARTS) is 1. The molecule has 0 bridgehead atoms. The Morgan fingerprint density at radius 2 is 2.14 bits per heavy atom. The predicted molar refractivity (Wildman–Crippen MR) is 132 cm³/mol. The lowest BCUT2D eigenvalue weighted by Gasteiger charge is -2.27. The first-order valence-electron chi connectivity index (χ1n) is 11.4. The van der Waals surface area contributed by atoms with Gasteiger partial charge in [-0.2, -0.15) is 4.98 Å². The number of ether oxygens (including phenoxy) is 2. The molecule has 0 aliphatic heterocycles. The maximum Gasteiger partial charge on any atom is 0.306 e. The predicted octanol–water partition coefficient (Wildman–Crippen LogP) is 5.84. The zero-order valence-corrected chi connectivity index (χ0v) is 21.0. The zero-order chi connectivity index (χ0) is 25.7. The average Bonchev–Trinajstić information content (AvgIpc) is 3.23. The molecule has 0 unspecified atom stereocenters. The molecule has 3 aromatic rings.